The standard InChI is InChI=1S/C30H35F3N4O3/c1-29(39,30(31,32)33)26-8-6-25(7-9-26)24-4-2-22(3-5-24)19-36-15-16-37(20-23-10-13-35-14-11-23)27(21-36)18-28(38)40-17-12-34/h2-11,13-14,27,39H,12,15-21,34H2,1H3/t27-,29?/m0/s1. The predicted molar refractivity (Wildman–Crippen MR) is 146 cm³/mol. The van der Waals surface area contributed by atoms with Crippen LogP contribution in [0.4, 0.5) is 13.2 Å². The van der Waals surface area contributed by atoms with Gasteiger partial charge < -0.3 is 15.6 Å². The van der Waals surface area contributed by atoms with Crippen molar-refractivity contribution in [1.82, 2.24) is 14.8 Å². The smallest absolute Gasteiger partial charge is 0.421 e. The molecule has 10 heteroatoms. The molecule has 0 aliphatic carbocycles. The minimum Gasteiger partial charge on any atom is -0.464 e. The van der Waals surface area contributed by atoms with Crippen molar-refractivity contribution in [2.24, 2.45) is 5.73 Å². The van der Waals surface area contributed by atoms with Crippen molar-refractivity contribution < 1.29 is 27.8 Å². The van der Waals surface area contributed by atoms with Gasteiger partial charge >= 0.3 is 12.1 Å². The van der Waals surface area contributed by atoms with Crippen LogP contribution >= 0.6 is 0 Å². The monoisotopic (exact) mass is 556 g/mol. The summed E-state index contributed by atoms with van der Waals surface area (Å²) in [5, 5.41) is 9.91. The zero-order valence-electron chi connectivity index (χ0n) is 22.5. The number of piperazine rings is 1. The van der Waals surface area contributed by atoms with E-state index in [0.29, 0.717) is 13.1 Å². The second kappa shape index (κ2) is 12.9. The van der Waals surface area contributed by atoms with E-state index in [1.54, 1.807) is 24.5 Å². The lowest BCUT2D eigenvalue weighted by Crippen LogP contribution is -2.53. The molecule has 0 amide bonds. The summed E-state index contributed by atoms with van der Waals surface area (Å²) in [4.78, 5) is 21.1. The van der Waals surface area contributed by atoms with Gasteiger partial charge in [-0.1, -0.05) is 48.5 Å². The normalized spacial score (nSPS) is 18.3. The van der Waals surface area contributed by atoms with Gasteiger partial charge in [0, 0.05) is 57.7 Å². The zero-order chi connectivity index (χ0) is 28.8. The van der Waals surface area contributed by atoms with Gasteiger partial charge in [-0.2, -0.15) is 13.2 Å². The fraction of sp³-hybridized carbons (Fsp3) is 0.400. The lowest BCUT2D eigenvalue weighted by molar-refractivity contribution is -0.258. The number of nitrogens with two attached hydrogens (primary N) is 1. The van der Waals surface area contributed by atoms with E-state index in [-0.39, 0.29) is 37.1 Å². The van der Waals surface area contributed by atoms with Crippen molar-refractivity contribution >= 4 is 5.97 Å². The molecular formula is C30H35F3N4O3. The summed E-state index contributed by atoms with van der Waals surface area (Å²) < 4.78 is 44.7. The Bertz CT molecular complexity index is 1240. The molecule has 4 rings (SSSR count). The van der Waals surface area contributed by atoms with Gasteiger partial charge in [0.25, 0.3) is 0 Å². The Morgan fingerprint density at radius 2 is 1.57 bits per heavy atom. The quantitative estimate of drug-likeness (QED) is 0.364. The number of ether oxygens (including phenoxy) is 1. The molecule has 1 saturated heterocycles. The average Bonchev–Trinajstić information content (AvgIpc) is 2.94. The highest BCUT2D eigenvalue weighted by molar-refractivity contribution is 5.70. The Labute approximate surface area is 232 Å². The number of esters is 1. The third-order valence-corrected chi connectivity index (χ3v) is 7.30. The highest BCUT2D eigenvalue weighted by atomic mass is 19.4. The van der Waals surface area contributed by atoms with Crippen molar-refractivity contribution in [2.75, 3.05) is 32.8 Å². The summed E-state index contributed by atoms with van der Waals surface area (Å²) in [6.45, 7) is 5.00. The second-order valence-electron chi connectivity index (χ2n) is 10.3. The van der Waals surface area contributed by atoms with E-state index >= 15 is 0 Å². The summed E-state index contributed by atoms with van der Waals surface area (Å²) in [6, 6.07) is 17.6. The molecular weight excluding hydrogens is 521 g/mol. The lowest BCUT2D eigenvalue weighted by atomic mass is 9.93. The van der Waals surface area contributed by atoms with Crippen LogP contribution in [0.25, 0.3) is 11.1 Å². The lowest BCUT2D eigenvalue weighted by Gasteiger charge is -2.41. The van der Waals surface area contributed by atoms with E-state index in [2.05, 4.69) is 14.8 Å². The number of halogens is 3. The molecule has 1 aliphatic rings. The first-order chi connectivity index (χ1) is 19.1. The summed E-state index contributed by atoms with van der Waals surface area (Å²) >= 11 is 0. The minimum atomic E-state index is -4.76. The molecule has 0 bridgehead atoms. The first-order valence-electron chi connectivity index (χ1n) is 13.3. The van der Waals surface area contributed by atoms with Crippen molar-refractivity contribution in [3.05, 3.63) is 89.7 Å². The summed E-state index contributed by atoms with van der Waals surface area (Å²) in [5.74, 6) is -0.260. The van der Waals surface area contributed by atoms with Crippen molar-refractivity contribution in [3.63, 3.8) is 0 Å². The molecule has 1 unspecified atom stereocenters. The fourth-order valence-electron chi connectivity index (χ4n) is 4.86. The molecule has 3 N–H and O–H groups in total. The van der Waals surface area contributed by atoms with E-state index in [1.807, 2.05) is 36.4 Å². The Morgan fingerprint density at radius 3 is 2.17 bits per heavy atom. The maximum Gasteiger partial charge on any atom is 0.421 e. The topological polar surface area (TPSA) is 91.9 Å². The molecule has 3 aromatic rings. The second-order valence-corrected chi connectivity index (χ2v) is 10.3. The average molecular weight is 557 g/mol. The molecule has 2 atom stereocenters. The van der Waals surface area contributed by atoms with Crippen LogP contribution in [0.1, 0.15) is 30.0 Å². The Morgan fingerprint density at radius 1 is 0.975 bits per heavy atom. The molecule has 1 fully saturated rings. The maximum absolute atomic E-state index is 13.1. The maximum atomic E-state index is 13.1. The first kappa shape index (κ1) is 29.7. The van der Waals surface area contributed by atoms with Crippen LogP contribution in [-0.4, -0.2) is 70.9 Å². The molecule has 214 valence electrons. The van der Waals surface area contributed by atoms with Crippen molar-refractivity contribution in [2.45, 2.75) is 44.3 Å². The number of hydrogen-bond acceptors (Lipinski definition) is 7. The molecule has 2 heterocycles. The molecule has 2 aromatic carbocycles. The van der Waals surface area contributed by atoms with Crippen LogP contribution in [0.15, 0.2) is 73.1 Å². The largest absolute Gasteiger partial charge is 0.464 e. The number of nitrogens with zero attached hydrogens (tertiary/aromatic N) is 3. The van der Waals surface area contributed by atoms with Gasteiger partial charge in [-0.15, -0.1) is 0 Å². The number of aliphatic hydroxyl groups is 1. The third-order valence-electron chi connectivity index (χ3n) is 7.30. The van der Waals surface area contributed by atoms with E-state index in [0.717, 1.165) is 48.8 Å². The zero-order valence-corrected chi connectivity index (χ0v) is 22.5. The highest BCUT2D eigenvalue weighted by Gasteiger charge is 2.51. The van der Waals surface area contributed by atoms with Gasteiger partial charge in [0.2, 0.25) is 0 Å². The number of rotatable bonds is 10. The van der Waals surface area contributed by atoms with Crippen molar-refractivity contribution in [3.8, 4) is 11.1 Å². The van der Waals surface area contributed by atoms with Crippen LogP contribution in [0.5, 0.6) is 0 Å². The number of benzene rings is 2. The van der Waals surface area contributed by atoms with Gasteiger partial charge in [-0.25, -0.2) is 0 Å². The molecule has 1 aliphatic heterocycles. The number of alkyl halides is 3. The van der Waals surface area contributed by atoms with Gasteiger partial charge in [-0.05, 0) is 46.9 Å². The number of carbonyl (C=O) groups excluding carboxylic acids is 1. The van der Waals surface area contributed by atoms with Gasteiger partial charge in [-0.3, -0.25) is 19.6 Å². The number of hydrogen-bond donors (Lipinski definition) is 2. The predicted octanol–water partition coefficient (Wildman–Crippen LogP) is 4.10. The van der Waals surface area contributed by atoms with Crippen molar-refractivity contribution in [1.29, 1.82) is 0 Å². The molecule has 0 radical (unpaired) electrons. The van der Waals surface area contributed by atoms with Crippen LogP contribution < -0.4 is 5.73 Å². The van der Waals surface area contributed by atoms with E-state index in [4.69, 9.17) is 10.5 Å². The van der Waals surface area contributed by atoms with E-state index in [1.165, 1.54) is 12.1 Å². The van der Waals surface area contributed by atoms with Gasteiger partial charge in [0.15, 0.2) is 5.60 Å². The SMILES string of the molecule is CC(O)(c1ccc(-c2ccc(CN3CCN(Cc4ccncc4)[C@@H](CC(=O)OCCN)C3)cc2)cc1)C(F)(F)F. The number of pyridine rings is 1. The van der Waals surface area contributed by atoms with E-state index in [9.17, 15) is 23.1 Å². The summed E-state index contributed by atoms with van der Waals surface area (Å²) in [6.07, 6.45) is -0.956. The molecule has 0 saturated carbocycles. The summed E-state index contributed by atoms with van der Waals surface area (Å²) in [7, 11) is 0. The van der Waals surface area contributed by atoms with E-state index < -0.39 is 11.8 Å². The molecule has 7 nitrogen and oxygen atoms in total. The van der Waals surface area contributed by atoms with Crippen LogP contribution in [0.3, 0.4) is 0 Å². The minimum absolute atomic E-state index is 0.0149. The van der Waals surface area contributed by atoms with Crippen LogP contribution in [-0.2, 0) is 28.2 Å². The molecule has 0 spiro atoms. The third kappa shape index (κ3) is 7.45. The van der Waals surface area contributed by atoms with Crippen LogP contribution in [0, 0.1) is 0 Å². The number of aromatic nitrogens is 1. The molecule has 1 aromatic heterocycles. The highest BCUT2D eigenvalue weighted by Crippen LogP contribution is 2.39. The Balaban J connectivity index is 1.40. The fourth-order valence-corrected chi connectivity index (χ4v) is 4.86. The summed E-state index contributed by atoms with van der Waals surface area (Å²) in [5.41, 5.74) is 6.22. The van der Waals surface area contributed by atoms with Crippen LogP contribution in [0.2, 0.25) is 0 Å². The number of carbonyl (C=O) groups is 1. The Kier molecular flexibility index (Phi) is 9.57. The first-order valence-corrected chi connectivity index (χ1v) is 13.3. The molecule has 40 heavy (non-hydrogen) atoms. The van der Waals surface area contributed by atoms with Gasteiger partial charge in [0.1, 0.15) is 6.61 Å². The Hall–Kier alpha value is -3.31. The van der Waals surface area contributed by atoms with Gasteiger partial charge in [0.05, 0.1) is 6.42 Å².